The zero-order valence-electron chi connectivity index (χ0n) is 19.7. The van der Waals surface area contributed by atoms with E-state index in [9.17, 15) is 14.7 Å². The minimum absolute atomic E-state index is 0.0967. The molecule has 1 heterocycles. The fourth-order valence-electron chi connectivity index (χ4n) is 3.68. The number of aliphatic hydroxyl groups excluding tert-OH is 1. The molecular weight excluding hydrogens is 460 g/mol. The van der Waals surface area contributed by atoms with E-state index in [4.69, 9.17) is 15.2 Å². The third kappa shape index (κ3) is 6.68. The van der Waals surface area contributed by atoms with Gasteiger partial charge in [0.05, 0.1) is 18.0 Å². The molecule has 0 aromatic heterocycles. The standard InChI is InChI=1S/C27H28N4O5/c28-22-8-4-5-9-23(22)29-26(33)21-12-10-20(11-13-21)17-31(14-15-32)27(34)30-24-18-35-25(36-24)16-19-6-2-1-3-7-19/h1-13,25,32H,14-18,28H2,(H,29,33). The average Bonchev–Trinajstić information content (AvgIpc) is 3.32. The molecule has 3 aromatic carbocycles. The number of nitrogens with one attached hydrogen (secondary N) is 1. The second-order valence-electron chi connectivity index (χ2n) is 8.22. The fraction of sp³-hybridized carbons (Fsp3) is 0.222. The Morgan fingerprint density at radius 2 is 1.72 bits per heavy atom. The fourth-order valence-corrected chi connectivity index (χ4v) is 3.68. The van der Waals surface area contributed by atoms with Crippen molar-refractivity contribution < 1.29 is 24.2 Å². The van der Waals surface area contributed by atoms with Crippen LogP contribution in [0.3, 0.4) is 0 Å². The van der Waals surface area contributed by atoms with Crippen molar-refractivity contribution in [2.45, 2.75) is 19.3 Å². The highest BCUT2D eigenvalue weighted by Gasteiger charge is 2.25. The first-order valence-electron chi connectivity index (χ1n) is 11.6. The Labute approximate surface area is 209 Å². The van der Waals surface area contributed by atoms with E-state index in [1.54, 1.807) is 48.5 Å². The van der Waals surface area contributed by atoms with Gasteiger partial charge in [0.15, 0.2) is 0 Å². The van der Waals surface area contributed by atoms with Crippen LogP contribution in [0.1, 0.15) is 21.5 Å². The maximum atomic E-state index is 12.8. The van der Waals surface area contributed by atoms with Crippen LogP contribution in [0.5, 0.6) is 0 Å². The van der Waals surface area contributed by atoms with Gasteiger partial charge in [-0.1, -0.05) is 54.6 Å². The largest absolute Gasteiger partial charge is 0.449 e. The van der Waals surface area contributed by atoms with Gasteiger partial charge in [0.1, 0.15) is 6.61 Å². The summed E-state index contributed by atoms with van der Waals surface area (Å²) in [6.45, 7) is 0.187. The van der Waals surface area contributed by atoms with Gasteiger partial charge in [0.25, 0.3) is 5.91 Å². The summed E-state index contributed by atoms with van der Waals surface area (Å²) in [6, 6.07) is 23.1. The minimum Gasteiger partial charge on any atom is -0.449 e. The number of amides is 3. The molecule has 1 atom stereocenters. The van der Waals surface area contributed by atoms with Crippen molar-refractivity contribution >= 4 is 29.2 Å². The van der Waals surface area contributed by atoms with Crippen LogP contribution < -0.4 is 11.1 Å². The number of benzene rings is 3. The van der Waals surface area contributed by atoms with Crippen LogP contribution in [0, 0.1) is 0 Å². The Morgan fingerprint density at radius 1 is 1.00 bits per heavy atom. The second-order valence-corrected chi connectivity index (χ2v) is 8.22. The minimum atomic E-state index is -0.538. The number of carbonyl (C=O) groups is 2. The van der Waals surface area contributed by atoms with E-state index in [-0.39, 0.29) is 38.1 Å². The molecule has 186 valence electrons. The number of nitrogen functional groups attached to an aromatic ring is 1. The lowest BCUT2D eigenvalue weighted by atomic mass is 10.1. The highest BCUT2D eigenvalue weighted by Crippen LogP contribution is 2.19. The molecule has 9 nitrogen and oxygen atoms in total. The topological polar surface area (TPSA) is 126 Å². The van der Waals surface area contributed by atoms with Crippen LogP contribution in [-0.2, 0) is 22.4 Å². The molecular formula is C27H28N4O5. The SMILES string of the molecule is Nc1ccccc1NC(=O)c1ccc(CN(CCO)C(=O)N=C2COC(Cc3ccccc3)O2)cc1. The predicted octanol–water partition coefficient (Wildman–Crippen LogP) is 3.45. The maximum absolute atomic E-state index is 12.8. The highest BCUT2D eigenvalue weighted by molar-refractivity contribution is 6.05. The number of nitrogens with two attached hydrogens (primary N) is 1. The molecule has 0 aliphatic carbocycles. The molecule has 1 saturated heterocycles. The zero-order valence-corrected chi connectivity index (χ0v) is 19.7. The van der Waals surface area contributed by atoms with Crippen molar-refractivity contribution in [2.24, 2.45) is 4.99 Å². The second kappa shape index (κ2) is 12.0. The first-order chi connectivity index (χ1) is 17.5. The van der Waals surface area contributed by atoms with Crippen molar-refractivity contribution in [2.75, 3.05) is 30.8 Å². The Bertz CT molecular complexity index is 1210. The average molecular weight is 489 g/mol. The summed E-state index contributed by atoms with van der Waals surface area (Å²) in [5.41, 5.74) is 9.18. The van der Waals surface area contributed by atoms with Crippen LogP contribution in [0.25, 0.3) is 0 Å². The summed E-state index contributed by atoms with van der Waals surface area (Å²) in [5, 5.41) is 12.2. The molecule has 3 amide bonds. The zero-order chi connectivity index (χ0) is 25.3. The molecule has 1 fully saturated rings. The molecule has 0 radical (unpaired) electrons. The Kier molecular flexibility index (Phi) is 8.28. The lowest BCUT2D eigenvalue weighted by molar-refractivity contribution is -0.0209. The van der Waals surface area contributed by atoms with Gasteiger partial charge in [0, 0.05) is 25.1 Å². The Balaban J connectivity index is 1.35. The number of hydrogen-bond donors (Lipinski definition) is 3. The summed E-state index contributed by atoms with van der Waals surface area (Å²) >= 11 is 0. The number of nitrogens with zero attached hydrogens (tertiary/aromatic N) is 2. The van der Waals surface area contributed by atoms with Gasteiger partial charge in [0.2, 0.25) is 12.2 Å². The summed E-state index contributed by atoms with van der Waals surface area (Å²) in [5.74, 6) is -0.0892. The van der Waals surface area contributed by atoms with E-state index in [2.05, 4.69) is 10.3 Å². The number of aliphatic imine (C=N–C) groups is 1. The van der Waals surface area contributed by atoms with Gasteiger partial charge < -0.3 is 30.5 Å². The third-order valence-corrected chi connectivity index (χ3v) is 5.56. The number of rotatable bonds is 8. The van der Waals surface area contributed by atoms with E-state index < -0.39 is 12.3 Å². The number of ether oxygens (including phenoxy) is 2. The van der Waals surface area contributed by atoms with Crippen molar-refractivity contribution in [1.29, 1.82) is 0 Å². The quantitative estimate of drug-likeness (QED) is 0.417. The molecule has 4 N–H and O–H groups in total. The van der Waals surface area contributed by atoms with Crippen LogP contribution in [0.15, 0.2) is 83.9 Å². The maximum Gasteiger partial charge on any atom is 0.347 e. The lowest BCUT2D eigenvalue weighted by Crippen LogP contribution is -2.31. The summed E-state index contributed by atoms with van der Waals surface area (Å²) in [7, 11) is 0. The van der Waals surface area contributed by atoms with E-state index in [1.807, 2.05) is 30.3 Å². The summed E-state index contributed by atoms with van der Waals surface area (Å²) in [4.78, 5) is 30.8. The van der Waals surface area contributed by atoms with Gasteiger partial charge >= 0.3 is 6.03 Å². The van der Waals surface area contributed by atoms with Crippen LogP contribution >= 0.6 is 0 Å². The number of anilines is 2. The van der Waals surface area contributed by atoms with Gasteiger partial charge in [-0.15, -0.1) is 0 Å². The molecule has 4 rings (SSSR count). The molecule has 9 heteroatoms. The van der Waals surface area contributed by atoms with Crippen LogP contribution in [-0.4, -0.2) is 53.9 Å². The molecule has 1 unspecified atom stereocenters. The molecule has 0 bridgehead atoms. The highest BCUT2D eigenvalue weighted by atomic mass is 16.7. The molecule has 1 aliphatic heterocycles. The van der Waals surface area contributed by atoms with Crippen LogP contribution in [0.2, 0.25) is 0 Å². The third-order valence-electron chi connectivity index (χ3n) is 5.56. The number of urea groups is 1. The van der Waals surface area contributed by atoms with E-state index >= 15 is 0 Å². The number of carbonyl (C=O) groups excluding carboxylic acids is 2. The smallest absolute Gasteiger partial charge is 0.347 e. The van der Waals surface area contributed by atoms with Gasteiger partial charge in [-0.2, -0.15) is 4.99 Å². The van der Waals surface area contributed by atoms with Crippen LogP contribution in [0.4, 0.5) is 16.2 Å². The van der Waals surface area contributed by atoms with Crippen molar-refractivity contribution in [3.05, 3.63) is 95.6 Å². The molecule has 0 saturated carbocycles. The summed E-state index contributed by atoms with van der Waals surface area (Å²) in [6.07, 6.45) is 0.0423. The number of aliphatic hydroxyl groups is 1. The van der Waals surface area contributed by atoms with E-state index in [1.165, 1.54) is 4.90 Å². The van der Waals surface area contributed by atoms with Gasteiger partial charge in [-0.05, 0) is 35.4 Å². The number of hydrogen-bond acceptors (Lipinski definition) is 6. The first kappa shape index (κ1) is 24.9. The molecule has 36 heavy (non-hydrogen) atoms. The Morgan fingerprint density at radius 3 is 2.44 bits per heavy atom. The predicted molar refractivity (Wildman–Crippen MR) is 137 cm³/mol. The molecule has 1 aliphatic rings. The van der Waals surface area contributed by atoms with Gasteiger partial charge in [-0.25, -0.2) is 4.79 Å². The lowest BCUT2D eigenvalue weighted by Gasteiger charge is -2.19. The normalized spacial score (nSPS) is 15.9. The number of para-hydroxylation sites is 2. The van der Waals surface area contributed by atoms with E-state index in [0.717, 1.165) is 11.1 Å². The first-order valence-corrected chi connectivity index (χ1v) is 11.6. The van der Waals surface area contributed by atoms with E-state index in [0.29, 0.717) is 23.4 Å². The van der Waals surface area contributed by atoms with Crippen molar-refractivity contribution in [3.8, 4) is 0 Å². The van der Waals surface area contributed by atoms with Crippen molar-refractivity contribution in [3.63, 3.8) is 0 Å². The molecule has 0 spiro atoms. The van der Waals surface area contributed by atoms with Crippen molar-refractivity contribution in [1.82, 2.24) is 4.90 Å². The monoisotopic (exact) mass is 488 g/mol. The van der Waals surface area contributed by atoms with Gasteiger partial charge in [-0.3, -0.25) is 4.79 Å². The summed E-state index contributed by atoms with van der Waals surface area (Å²) < 4.78 is 11.3. The molecule has 3 aromatic rings. The Hall–Kier alpha value is -4.21.